The first kappa shape index (κ1) is 21.9. The van der Waals surface area contributed by atoms with Crippen LogP contribution >= 0.6 is 0 Å². The van der Waals surface area contributed by atoms with Crippen LogP contribution in [0, 0.1) is 17.6 Å². The lowest BCUT2D eigenvalue weighted by atomic mass is 10.0. The molecule has 0 aliphatic heterocycles. The number of carbonyl (C=O) groups is 1. The van der Waals surface area contributed by atoms with Crippen LogP contribution < -0.4 is 5.56 Å². The standard InChI is InChI=1S/C24H20FN3O5/c1-3-14-5-9-20-18(10-14)21(17-7-4-13(2)26-23(17)29)22(24(30)31)27(20)12-15-11-16(28(32)33)6-8-19(15)25/h4-11H,3,12H2,1-2H3,(H2-,26,29,30,31,32,33)/p+1. The third-order valence-electron chi connectivity index (χ3n) is 5.64. The number of nitrogens with zero attached hydrogens (tertiary/aromatic N) is 2. The summed E-state index contributed by atoms with van der Waals surface area (Å²) in [6.07, 6.45) is 0.694. The number of H-pyrrole nitrogens is 1. The number of aromatic carboxylic acids is 1. The van der Waals surface area contributed by atoms with Gasteiger partial charge in [-0.1, -0.05) is 13.0 Å². The Morgan fingerprint density at radius 2 is 1.91 bits per heavy atom. The molecule has 3 N–H and O–H groups in total. The Balaban J connectivity index is 2.06. The fourth-order valence-electron chi connectivity index (χ4n) is 4.02. The predicted molar refractivity (Wildman–Crippen MR) is 120 cm³/mol. The van der Waals surface area contributed by atoms with Crippen molar-refractivity contribution in [3.05, 3.63) is 92.1 Å². The molecule has 0 aliphatic rings. The van der Waals surface area contributed by atoms with E-state index in [-0.39, 0.29) is 39.5 Å². The number of nitrogens with one attached hydrogen (secondary N) is 1. The predicted octanol–water partition coefficient (Wildman–Crippen LogP) is 4.55. The summed E-state index contributed by atoms with van der Waals surface area (Å²) in [7, 11) is 0. The molecule has 0 saturated heterocycles. The van der Waals surface area contributed by atoms with Crippen LogP contribution in [0.1, 0.15) is 34.2 Å². The molecule has 9 heteroatoms. The molecule has 2 aromatic heterocycles. The summed E-state index contributed by atoms with van der Waals surface area (Å²) in [5, 5.41) is 19.9. The maximum absolute atomic E-state index is 14.6. The number of aromatic amines is 1. The first-order valence-electron chi connectivity index (χ1n) is 10.2. The van der Waals surface area contributed by atoms with Gasteiger partial charge in [-0.05, 0) is 49.2 Å². The van der Waals surface area contributed by atoms with Crippen molar-refractivity contribution in [2.24, 2.45) is 0 Å². The van der Waals surface area contributed by atoms with Gasteiger partial charge in [-0.25, -0.2) is 14.4 Å². The van der Waals surface area contributed by atoms with Crippen molar-refractivity contribution in [1.82, 2.24) is 9.55 Å². The van der Waals surface area contributed by atoms with E-state index in [4.69, 9.17) is 0 Å². The number of carboxylic acids is 1. The van der Waals surface area contributed by atoms with E-state index in [1.807, 2.05) is 19.1 Å². The van der Waals surface area contributed by atoms with Gasteiger partial charge < -0.3 is 14.7 Å². The van der Waals surface area contributed by atoms with Gasteiger partial charge in [0.1, 0.15) is 11.5 Å². The molecular formula is C24H21FN3O5+. The summed E-state index contributed by atoms with van der Waals surface area (Å²) in [4.78, 5) is 38.8. The van der Waals surface area contributed by atoms with Crippen LogP contribution in [0.5, 0.6) is 0 Å². The smallest absolute Gasteiger partial charge is 0.353 e. The highest BCUT2D eigenvalue weighted by atomic mass is 19.1. The van der Waals surface area contributed by atoms with Gasteiger partial charge in [0.15, 0.2) is 0 Å². The number of aromatic nitrogens is 2. The van der Waals surface area contributed by atoms with Crippen molar-refractivity contribution in [1.29, 1.82) is 0 Å². The SMILES string of the molecule is CCc1ccc2c(c1)c(-c1ccc(C)[nH]c1=O)c(C(=O)O)n2Cc1cc([N+](=O)O)ccc1F. The van der Waals surface area contributed by atoms with Gasteiger partial charge in [-0.2, -0.15) is 0 Å². The van der Waals surface area contributed by atoms with Gasteiger partial charge in [0, 0.05) is 39.9 Å². The van der Waals surface area contributed by atoms with E-state index in [1.54, 1.807) is 25.1 Å². The van der Waals surface area contributed by atoms with Crippen molar-refractivity contribution >= 4 is 22.6 Å². The molecule has 0 atom stereocenters. The summed E-state index contributed by atoms with van der Waals surface area (Å²) >= 11 is 0. The van der Waals surface area contributed by atoms with E-state index < -0.39 is 17.3 Å². The second-order valence-electron chi connectivity index (χ2n) is 7.75. The van der Waals surface area contributed by atoms with Gasteiger partial charge in [0.2, 0.25) is 0 Å². The molecule has 8 nitrogen and oxygen atoms in total. The monoisotopic (exact) mass is 450 g/mol. The second-order valence-corrected chi connectivity index (χ2v) is 7.75. The fraction of sp³-hybridized carbons (Fsp3) is 0.167. The number of halogens is 1. The van der Waals surface area contributed by atoms with Crippen molar-refractivity contribution in [2.45, 2.75) is 26.8 Å². The van der Waals surface area contributed by atoms with Gasteiger partial charge in [0.05, 0.1) is 17.0 Å². The normalized spacial score (nSPS) is 11.1. The lowest BCUT2D eigenvalue weighted by molar-refractivity contribution is -0.729. The van der Waals surface area contributed by atoms with Crippen LogP contribution in [0.3, 0.4) is 0 Å². The second kappa shape index (κ2) is 8.34. The van der Waals surface area contributed by atoms with Gasteiger partial charge in [-0.15, -0.1) is 0 Å². The average molecular weight is 450 g/mol. The highest BCUT2D eigenvalue weighted by Gasteiger charge is 2.26. The van der Waals surface area contributed by atoms with Crippen LogP contribution in [0.25, 0.3) is 22.0 Å². The van der Waals surface area contributed by atoms with Crippen molar-refractivity contribution in [3.63, 3.8) is 0 Å². The molecule has 168 valence electrons. The Bertz CT molecular complexity index is 1490. The molecule has 0 saturated carbocycles. The molecular weight excluding hydrogens is 429 g/mol. The van der Waals surface area contributed by atoms with E-state index >= 15 is 0 Å². The molecule has 0 fully saturated rings. The molecule has 0 bridgehead atoms. The van der Waals surface area contributed by atoms with Gasteiger partial charge >= 0.3 is 11.7 Å². The topological polar surface area (TPSA) is 115 Å². The highest BCUT2D eigenvalue weighted by Crippen LogP contribution is 2.35. The highest BCUT2D eigenvalue weighted by molar-refractivity contribution is 6.08. The largest absolute Gasteiger partial charge is 0.477 e. The minimum atomic E-state index is -1.29. The number of benzene rings is 2. The minimum Gasteiger partial charge on any atom is -0.477 e. The molecule has 0 aliphatic carbocycles. The molecule has 2 aromatic carbocycles. The van der Waals surface area contributed by atoms with Crippen LogP contribution in [0.15, 0.2) is 53.3 Å². The number of hydrogen-bond acceptors (Lipinski definition) is 3. The van der Waals surface area contributed by atoms with E-state index in [2.05, 4.69) is 4.98 Å². The zero-order valence-corrected chi connectivity index (χ0v) is 17.9. The molecule has 4 aromatic rings. The number of rotatable bonds is 6. The van der Waals surface area contributed by atoms with E-state index in [0.29, 0.717) is 23.0 Å². The van der Waals surface area contributed by atoms with E-state index in [9.17, 15) is 29.2 Å². The van der Waals surface area contributed by atoms with Crippen LogP contribution in [0.2, 0.25) is 0 Å². The molecule has 0 amide bonds. The van der Waals surface area contributed by atoms with Gasteiger partial charge in [0.25, 0.3) is 10.5 Å². The number of carboxylic acid groups (broad SMARTS) is 1. The lowest BCUT2D eigenvalue weighted by Crippen LogP contribution is -2.15. The molecule has 0 spiro atoms. The Morgan fingerprint density at radius 1 is 1.15 bits per heavy atom. The first-order valence-corrected chi connectivity index (χ1v) is 10.2. The molecule has 4 rings (SSSR count). The molecule has 2 heterocycles. The minimum absolute atomic E-state index is 0.00531. The summed E-state index contributed by atoms with van der Waals surface area (Å²) < 4.78 is 16.0. The fourth-order valence-corrected chi connectivity index (χ4v) is 4.02. The van der Waals surface area contributed by atoms with Crippen molar-refractivity contribution < 1.29 is 24.4 Å². The van der Waals surface area contributed by atoms with Crippen LogP contribution in [-0.4, -0.2) is 30.8 Å². The zero-order chi connectivity index (χ0) is 23.9. The summed E-state index contributed by atoms with van der Waals surface area (Å²) in [5.74, 6) is -1.96. The lowest BCUT2D eigenvalue weighted by Gasteiger charge is -2.10. The van der Waals surface area contributed by atoms with Crippen LogP contribution in [0.4, 0.5) is 10.1 Å². The third kappa shape index (κ3) is 3.89. The molecule has 0 unspecified atom stereocenters. The Labute approximate surface area is 187 Å². The van der Waals surface area contributed by atoms with Crippen LogP contribution in [-0.2, 0) is 13.0 Å². The average Bonchev–Trinajstić information content (AvgIpc) is 3.08. The summed E-state index contributed by atoms with van der Waals surface area (Å²) in [5.41, 5.74) is 1.68. The van der Waals surface area contributed by atoms with Crippen molar-refractivity contribution in [2.75, 3.05) is 0 Å². The van der Waals surface area contributed by atoms with Crippen molar-refractivity contribution in [3.8, 4) is 11.1 Å². The number of hydrogen-bond donors (Lipinski definition) is 3. The quantitative estimate of drug-likeness (QED) is 0.373. The number of aryl methyl sites for hydroxylation is 2. The summed E-state index contributed by atoms with van der Waals surface area (Å²) in [6.45, 7) is 3.44. The first-order chi connectivity index (χ1) is 15.7. The zero-order valence-electron chi connectivity index (χ0n) is 17.9. The Hall–Kier alpha value is -4.27. The molecule has 0 radical (unpaired) electrons. The maximum Gasteiger partial charge on any atom is 0.353 e. The summed E-state index contributed by atoms with van der Waals surface area (Å²) in [6, 6.07) is 11.9. The third-order valence-corrected chi connectivity index (χ3v) is 5.64. The van der Waals surface area contributed by atoms with E-state index in [1.165, 1.54) is 4.57 Å². The van der Waals surface area contributed by atoms with E-state index in [0.717, 1.165) is 23.8 Å². The number of pyridine rings is 1. The Morgan fingerprint density at radius 3 is 2.55 bits per heavy atom. The van der Waals surface area contributed by atoms with Gasteiger partial charge in [-0.3, -0.25) is 4.79 Å². The Kier molecular flexibility index (Phi) is 5.55. The number of fused-ring (bicyclic) bond motifs is 1. The molecule has 33 heavy (non-hydrogen) atoms. The maximum atomic E-state index is 14.6.